The molecule has 2 bridgehead atoms. The normalized spacial score (nSPS) is 19.8. The van der Waals surface area contributed by atoms with Crippen molar-refractivity contribution in [2.45, 2.75) is 51.4 Å². The van der Waals surface area contributed by atoms with Crippen molar-refractivity contribution in [3.8, 4) is 11.3 Å². The summed E-state index contributed by atoms with van der Waals surface area (Å²) in [5.41, 5.74) is 3.62. The Morgan fingerprint density at radius 3 is 2.56 bits per heavy atom. The van der Waals surface area contributed by atoms with E-state index in [1.807, 2.05) is 45.3 Å². The third kappa shape index (κ3) is 4.30. The number of anilines is 1. The fourth-order valence-electron chi connectivity index (χ4n) is 5.13. The first kappa shape index (κ1) is 22.6. The van der Waals surface area contributed by atoms with Crippen LogP contribution in [-0.2, 0) is 11.3 Å². The first-order chi connectivity index (χ1) is 17.3. The van der Waals surface area contributed by atoms with Crippen LogP contribution in [0.1, 0.15) is 43.2 Å². The van der Waals surface area contributed by atoms with E-state index in [2.05, 4.69) is 41.9 Å². The molecule has 3 aliphatic rings. The van der Waals surface area contributed by atoms with Gasteiger partial charge in [0.15, 0.2) is 0 Å². The lowest BCUT2D eigenvalue weighted by molar-refractivity contribution is -0.00882. The molecule has 184 valence electrons. The molecule has 2 unspecified atom stereocenters. The van der Waals surface area contributed by atoms with E-state index in [1.165, 1.54) is 6.42 Å². The highest BCUT2D eigenvalue weighted by Crippen LogP contribution is 2.36. The van der Waals surface area contributed by atoms with Gasteiger partial charge < -0.3 is 14.6 Å². The number of aromatic nitrogens is 5. The molecule has 3 saturated heterocycles. The van der Waals surface area contributed by atoms with Gasteiger partial charge in [-0.25, -0.2) is 24.7 Å². The molecule has 7 rings (SSSR count). The number of hydrogen-bond donors (Lipinski definition) is 1. The summed E-state index contributed by atoms with van der Waals surface area (Å²) < 4.78 is 5.41. The lowest BCUT2D eigenvalue weighted by Crippen LogP contribution is -2.68. The van der Waals surface area contributed by atoms with Crippen molar-refractivity contribution in [2.24, 2.45) is 0 Å². The van der Waals surface area contributed by atoms with Gasteiger partial charge in [-0.15, -0.1) is 0 Å². The van der Waals surface area contributed by atoms with Gasteiger partial charge in [-0.2, -0.15) is 0 Å². The van der Waals surface area contributed by atoms with E-state index in [0.717, 1.165) is 53.3 Å². The average Bonchev–Trinajstić information content (AvgIpc) is 3.36. The third-order valence-electron chi connectivity index (χ3n) is 6.84. The predicted molar refractivity (Wildman–Crippen MR) is 136 cm³/mol. The Morgan fingerprint density at radius 2 is 1.86 bits per heavy atom. The molecule has 7 heterocycles. The van der Waals surface area contributed by atoms with Gasteiger partial charge in [0.1, 0.15) is 29.1 Å². The summed E-state index contributed by atoms with van der Waals surface area (Å²) >= 11 is 0. The van der Waals surface area contributed by atoms with E-state index < -0.39 is 5.60 Å². The van der Waals surface area contributed by atoms with Gasteiger partial charge in [-0.05, 0) is 57.0 Å². The Bertz CT molecular complexity index is 1380. The van der Waals surface area contributed by atoms with Gasteiger partial charge in [0.2, 0.25) is 0 Å². The maximum absolute atomic E-state index is 12.2. The summed E-state index contributed by atoms with van der Waals surface area (Å²) in [5.74, 6) is 0.608. The fourth-order valence-corrected chi connectivity index (χ4v) is 5.13. The molecule has 0 saturated carbocycles. The maximum Gasteiger partial charge on any atom is 0.357 e. The smallest absolute Gasteiger partial charge is 0.357 e. The number of rotatable bonds is 5. The van der Waals surface area contributed by atoms with Crippen molar-refractivity contribution in [3.05, 3.63) is 66.5 Å². The molecule has 0 aliphatic carbocycles. The summed E-state index contributed by atoms with van der Waals surface area (Å²) in [7, 11) is 0. The molecule has 4 aromatic rings. The molecule has 0 radical (unpaired) electrons. The molecule has 3 aliphatic heterocycles. The minimum atomic E-state index is -0.529. The summed E-state index contributed by atoms with van der Waals surface area (Å²) in [4.78, 5) is 38.1. The van der Waals surface area contributed by atoms with Crippen molar-refractivity contribution in [1.82, 2.24) is 29.8 Å². The van der Waals surface area contributed by atoms with Crippen molar-refractivity contribution in [2.75, 3.05) is 18.0 Å². The number of carbonyl (C=O) groups is 1. The Labute approximate surface area is 209 Å². The number of H-pyrrole nitrogens is 1. The minimum Gasteiger partial charge on any atom is -0.455 e. The van der Waals surface area contributed by atoms with Gasteiger partial charge >= 0.3 is 5.97 Å². The Balaban J connectivity index is 1.08. The number of pyridine rings is 2. The van der Waals surface area contributed by atoms with Gasteiger partial charge in [0.05, 0.1) is 5.69 Å². The SMILES string of the molecule is CC(C)(C)OC(=O)c1ccc(CN2C3CC2CN(c2ccc(-c4ncnc5[nH]ccc45)cn2)C3)cn1. The van der Waals surface area contributed by atoms with E-state index in [4.69, 9.17) is 9.72 Å². The van der Waals surface area contributed by atoms with Gasteiger partial charge in [0, 0.05) is 61.3 Å². The van der Waals surface area contributed by atoms with E-state index >= 15 is 0 Å². The molecule has 4 aromatic heterocycles. The van der Waals surface area contributed by atoms with E-state index in [9.17, 15) is 4.79 Å². The largest absolute Gasteiger partial charge is 0.455 e. The van der Waals surface area contributed by atoms with Crippen LogP contribution in [0.5, 0.6) is 0 Å². The van der Waals surface area contributed by atoms with Gasteiger partial charge in [0.25, 0.3) is 0 Å². The molecule has 3 fully saturated rings. The van der Waals surface area contributed by atoms with Crippen LogP contribution in [0.3, 0.4) is 0 Å². The van der Waals surface area contributed by atoms with Crippen LogP contribution in [0.2, 0.25) is 0 Å². The lowest BCUT2D eigenvalue weighted by Gasteiger charge is -2.56. The van der Waals surface area contributed by atoms with Crippen molar-refractivity contribution >= 4 is 22.8 Å². The van der Waals surface area contributed by atoms with Crippen molar-refractivity contribution in [3.63, 3.8) is 0 Å². The number of ether oxygens (including phenoxy) is 1. The highest BCUT2D eigenvalue weighted by atomic mass is 16.6. The van der Waals surface area contributed by atoms with Crippen molar-refractivity contribution in [1.29, 1.82) is 0 Å². The van der Waals surface area contributed by atoms with Crippen LogP contribution in [-0.4, -0.2) is 66.6 Å². The molecular formula is C27H29N7O2. The maximum atomic E-state index is 12.2. The number of piperazine rings is 1. The number of piperidine rings is 1. The third-order valence-corrected chi connectivity index (χ3v) is 6.84. The van der Waals surface area contributed by atoms with Crippen LogP contribution in [0, 0.1) is 0 Å². The topological polar surface area (TPSA) is 100 Å². The highest BCUT2D eigenvalue weighted by Gasteiger charge is 2.44. The fraction of sp³-hybridized carbons (Fsp3) is 0.370. The second-order valence-electron chi connectivity index (χ2n) is 10.5. The second-order valence-corrected chi connectivity index (χ2v) is 10.5. The Morgan fingerprint density at radius 1 is 1.03 bits per heavy atom. The van der Waals surface area contributed by atoms with E-state index in [1.54, 1.807) is 18.6 Å². The number of hydrogen-bond acceptors (Lipinski definition) is 8. The van der Waals surface area contributed by atoms with E-state index in [0.29, 0.717) is 17.8 Å². The molecule has 0 spiro atoms. The van der Waals surface area contributed by atoms with Gasteiger partial charge in [-0.1, -0.05) is 6.07 Å². The highest BCUT2D eigenvalue weighted by molar-refractivity contribution is 5.90. The minimum absolute atomic E-state index is 0.345. The van der Waals surface area contributed by atoms with E-state index in [-0.39, 0.29) is 5.97 Å². The molecule has 2 atom stereocenters. The summed E-state index contributed by atoms with van der Waals surface area (Å²) in [6.45, 7) is 8.29. The number of nitrogens with zero attached hydrogens (tertiary/aromatic N) is 6. The van der Waals surface area contributed by atoms with Crippen LogP contribution in [0.15, 0.2) is 55.2 Å². The second kappa shape index (κ2) is 8.67. The zero-order valence-electron chi connectivity index (χ0n) is 20.7. The summed E-state index contributed by atoms with van der Waals surface area (Å²) in [5, 5.41) is 0.996. The van der Waals surface area contributed by atoms with Crippen LogP contribution < -0.4 is 4.90 Å². The zero-order chi connectivity index (χ0) is 24.9. The quantitative estimate of drug-likeness (QED) is 0.428. The zero-order valence-corrected chi connectivity index (χ0v) is 20.7. The standard InChI is InChI=1S/C27H29N7O2/c1-27(2,3)36-26(35)22-6-4-17(11-29-22)13-34-19-10-20(34)15-33(14-19)23-7-5-18(12-30-23)24-21-8-9-28-25(21)32-16-31-24/h4-9,11-12,16,19-20H,10,13-15H2,1-3H3,(H,28,31,32). The Hall–Kier alpha value is -3.85. The molecular weight excluding hydrogens is 454 g/mol. The van der Waals surface area contributed by atoms with Crippen LogP contribution >= 0.6 is 0 Å². The van der Waals surface area contributed by atoms with Crippen molar-refractivity contribution < 1.29 is 9.53 Å². The number of carbonyl (C=O) groups excluding carboxylic acids is 1. The number of fused-ring (bicyclic) bond motifs is 3. The number of aromatic amines is 1. The molecule has 9 heteroatoms. The van der Waals surface area contributed by atoms with Crippen LogP contribution in [0.4, 0.5) is 5.82 Å². The average molecular weight is 484 g/mol. The molecule has 9 nitrogen and oxygen atoms in total. The molecule has 1 N–H and O–H groups in total. The molecule has 0 amide bonds. The monoisotopic (exact) mass is 483 g/mol. The number of nitrogens with one attached hydrogen (secondary N) is 1. The van der Waals surface area contributed by atoms with Crippen LogP contribution in [0.25, 0.3) is 22.3 Å². The molecule has 36 heavy (non-hydrogen) atoms. The first-order valence-corrected chi connectivity index (χ1v) is 12.3. The number of esters is 1. The lowest BCUT2D eigenvalue weighted by atomic mass is 9.87. The first-order valence-electron chi connectivity index (χ1n) is 12.3. The predicted octanol–water partition coefficient (Wildman–Crippen LogP) is 3.83. The summed E-state index contributed by atoms with van der Waals surface area (Å²) in [6.07, 6.45) is 8.35. The molecule has 0 aromatic carbocycles. The summed E-state index contributed by atoms with van der Waals surface area (Å²) in [6, 6.07) is 10.9. The van der Waals surface area contributed by atoms with Gasteiger partial charge in [-0.3, -0.25) is 4.90 Å². The Kier molecular flexibility index (Phi) is 5.44.